The minimum Gasteiger partial charge on any atom is -0.481 e. The largest absolute Gasteiger partial charge is 0.481 e. The molecule has 4 heteroatoms. The van der Waals surface area contributed by atoms with Crippen LogP contribution in [0, 0.1) is 34.0 Å². The van der Waals surface area contributed by atoms with Gasteiger partial charge in [-0.3, -0.25) is 4.79 Å². The maximum absolute atomic E-state index is 11.5. The molecule has 1 N–H and O–H groups in total. The van der Waals surface area contributed by atoms with Crippen molar-refractivity contribution in [2.75, 3.05) is 0 Å². The summed E-state index contributed by atoms with van der Waals surface area (Å²) in [5.41, 5.74) is 3.63. The number of carboxylic acid groups (broad SMARTS) is 1. The van der Waals surface area contributed by atoms with E-state index in [0.29, 0.717) is 24.2 Å². The van der Waals surface area contributed by atoms with E-state index in [0.717, 1.165) is 19.3 Å². The lowest BCUT2D eigenvalue weighted by molar-refractivity contribution is -0.139. The summed E-state index contributed by atoms with van der Waals surface area (Å²) in [5, 5.41) is 9.71. The molecule has 0 aromatic carbocycles. The van der Waals surface area contributed by atoms with Crippen molar-refractivity contribution in [3.63, 3.8) is 0 Å². The molecule has 0 saturated heterocycles. The van der Waals surface area contributed by atoms with Crippen molar-refractivity contribution >= 4 is 14.3 Å². The molecule has 186 valence electrons. The van der Waals surface area contributed by atoms with Gasteiger partial charge in [0.15, 0.2) is 8.32 Å². The van der Waals surface area contributed by atoms with Gasteiger partial charge in [-0.1, -0.05) is 71.8 Å². The monoisotopic (exact) mass is 472 g/mol. The molecular weight excluding hydrogens is 424 g/mol. The van der Waals surface area contributed by atoms with Crippen LogP contribution in [0.4, 0.5) is 0 Å². The second-order valence-corrected chi connectivity index (χ2v) is 19.1. The summed E-state index contributed by atoms with van der Waals surface area (Å²) < 4.78 is 7.05. The molecule has 0 aromatic heterocycles. The van der Waals surface area contributed by atoms with Crippen LogP contribution < -0.4 is 0 Å². The molecule has 4 aliphatic carbocycles. The Labute approximate surface area is 203 Å². The van der Waals surface area contributed by atoms with Gasteiger partial charge in [0, 0.05) is 11.8 Å². The molecule has 0 radical (unpaired) electrons. The van der Waals surface area contributed by atoms with Crippen LogP contribution in [0.15, 0.2) is 23.3 Å². The quantitative estimate of drug-likeness (QED) is 0.422. The maximum atomic E-state index is 11.5. The van der Waals surface area contributed by atoms with E-state index >= 15 is 0 Å². The van der Waals surface area contributed by atoms with Crippen LogP contribution in [0.1, 0.15) is 93.4 Å². The number of allylic oxidation sites excluding steroid dienone is 3. The zero-order valence-corrected chi connectivity index (χ0v) is 23.7. The summed E-state index contributed by atoms with van der Waals surface area (Å²) in [4.78, 5) is 11.5. The van der Waals surface area contributed by atoms with E-state index in [4.69, 9.17) is 4.43 Å². The lowest BCUT2D eigenvalue weighted by Gasteiger charge is -2.59. The summed E-state index contributed by atoms with van der Waals surface area (Å²) in [6, 6.07) is 0. The van der Waals surface area contributed by atoms with E-state index in [1.165, 1.54) is 19.3 Å². The third-order valence-electron chi connectivity index (χ3n) is 11.2. The second kappa shape index (κ2) is 7.81. The SMILES string of the molecule is CC1(C)C2=CC=C3C4CCC(CC(=O)O)[C@@]4(C)CCC3[C@@]2(C)CCC1O[Si](C)(C)C(C)(C)C. The number of rotatable bonds is 4. The molecule has 0 aliphatic heterocycles. The van der Waals surface area contributed by atoms with E-state index in [2.05, 4.69) is 73.7 Å². The van der Waals surface area contributed by atoms with E-state index in [1.54, 1.807) is 11.1 Å². The fourth-order valence-electron chi connectivity index (χ4n) is 8.09. The van der Waals surface area contributed by atoms with Crippen molar-refractivity contribution in [3.05, 3.63) is 23.3 Å². The number of hydrogen-bond donors (Lipinski definition) is 1. The van der Waals surface area contributed by atoms with Crippen molar-refractivity contribution in [3.8, 4) is 0 Å². The van der Waals surface area contributed by atoms with Gasteiger partial charge in [-0.2, -0.15) is 0 Å². The first-order chi connectivity index (χ1) is 15.0. The summed E-state index contributed by atoms with van der Waals surface area (Å²) in [5.74, 6) is 0.856. The van der Waals surface area contributed by atoms with Gasteiger partial charge in [-0.05, 0) is 85.2 Å². The highest BCUT2D eigenvalue weighted by molar-refractivity contribution is 6.74. The Morgan fingerprint density at radius 3 is 2.30 bits per heavy atom. The number of carbonyl (C=O) groups is 1. The van der Waals surface area contributed by atoms with Gasteiger partial charge in [0.05, 0.1) is 6.10 Å². The molecule has 0 amide bonds. The predicted octanol–water partition coefficient (Wildman–Crippen LogP) is 7.99. The first-order valence-electron chi connectivity index (χ1n) is 13.4. The summed E-state index contributed by atoms with van der Waals surface area (Å²) in [7, 11) is -1.84. The zero-order chi connectivity index (χ0) is 24.6. The molecular formula is C29H48O3Si. The lowest BCUT2D eigenvalue weighted by Crippen LogP contribution is -2.55. The lowest BCUT2D eigenvalue weighted by atomic mass is 9.47. The van der Waals surface area contributed by atoms with Crippen molar-refractivity contribution in [1.29, 1.82) is 0 Å². The van der Waals surface area contributed by atoms with Gasteiger partial charge in [0.1, 0.15) is 0 Å². The Hall–Kier alpha value is -0.873. The Kier molecular flexibility index (Phi) is 5.97. The molecule has 6 atom stereocenters. The highest BCUT2D eigenvalue weighted by Crippen LogP contribution is 2.67. The fraction of sp³-hybridized carbons (Fsp3) is 0.828. The standard InChI is InChI=1S/C29H48O3Si/c1-26(2,3)33(8,9)32-24-15-17-29(7)22-14-16-28(6)19(18-25(30)31)10-12-21(28)20(22)11-13-23(29)27(24,4)5/h11,13,19,21-22,24H,10,12,14-18H2,1-9H3,(H,30,31)/t19?,21?,22?,24?,28-,29-/m1/s1. The van der Waals surface area contributed by atoms with Crippen LogP contribution in [-0.2, 0) is 9.22 Å². The molecule has 4 unspecified atom stereocenters. The van der Waals surface area contributed by atoms with Gasteiger partial charge >= 0.3 is 5.97 Å². The van der Waals surface area contributed by atoms with Crippen LogP contribution in [0.25, 0.3) is 0 Å². The first kappa shape index (κ1) is 25.2. The molecule has 0 spiro atoms. The number of hydrogen-bond acceptors (Lipinski definition) is 2. The zero-order valence-electron chi connectivity index (χ0n) is 22.7. The van der Waals surface area contributed by atoms with Crippen LogP contribution in [0.3, 0.4) is 0 Å². The number of aliphatic carboxylic acids is 1. The molecule has 3 nitrogen and oxygen atoms in total. The van der Waals surface area contributed by atoms with Gasteiger partial charge in [-0.25, -0.2) is 0 Å². The van der Waals surface area contributed by atoms with E-state index < -0.39 is 14.3 Å². The van der Waals surface area contributed by atoms with Gasteiger partial charge in [0.25, 0.3) is 0 Å². The molecule has 3 fully saturated rings. The molecule has 4 aliphatic rings. The number of fused-ring (bicyclic) bond motifs is 5. The van der Waals surface area contributed by atoms with Crippen molar-refractivity contribution in [2.24, 2.45) is 34.0 Å². The van der Waals surface area contributed by atoms with Crippen molar-refractivity contribution in [2.45, 2.75) is 118 Å². The average molecular weight is 473 g/mol. The molecule has 33 heavy (non-hydrogen) atoms. The highest BCUT2D eigenvalue weighted by atomic mass is 28.4. The normalized spacial score (nSPS) is 40.3. The van der Waals surface area contributed by atoms with Crippen molar-refractivity contribution in [1.82, 2.24) is 0 Å². The minimum atomic E-state index is -1.84. The van der Waals surface area contributed by atoms with Crippen molar-refractivity contribution < 1.29 is 14.3 Å². The molecule has 0 bridgehead atoms. The molecule has 0 aromatic rings. The molecule has 4 rings (SSSR count). The average Bonchev–Trinajstić information content (AvgIpc) is 2.99. The fourth-order valence-corrected chi connectivity index (χ4v) is 9.57. The van der Waals surface area contributed by atoms with Crippen LogP contribution in [-0.4, -0.2) is 25.5 Å². The summed E-state index contributed by atoms with van der Waals surface area (Å²) >= 11 is 0. The Balaban J connectivity index is 1.66. The minimum absolute atomic E-state index is 0.0345. The molecule has 0 heterocycles. The summed E-state index contributed by atoms with van der Waals surface area (Å²) in [6.45, 7) is 21.6. The van der Waals surface area contributed by atoms with Crippen LogP contribution in [0.2, 0.25) is 18.1 Å². The summed E-state index contributed by atoms with van der Waals surface area (Å²) in [6.07, 6.45) is 12.5. The smallest absolute Gasteiger partial charge is 0.303 e. The highest BCUT2D eigenvalue weighted by Gasteiger charge is 2.59. The molecule has 3 saturated carbocycles. The Morgan fingerprint density at radius 1 is 1.03 bits per heavy atom. The third-order valence-corrected chi connectivity index (χ3v) is 15.7. The number of carboxylic acids is 1. The van der Waals surface area contributed by atoms with Crippen LogP contribution in [0.5, 0.6) is 0 Å². The van der Waals surface area contributed by atoms with Crippen LogP contribution >= 0.6 is 0 Å². The topological polar surface area (TPSA) is 46.5 Å². The van der Waals surface area contributed by atoms with Gasteiger partial charge in [0.2, 0.25) is 0 Å². The third kappa shape index (κ3) is 3.82. The van der Waals surface area contributed by atoms with E-state index in [-0.39, 0.29) is 27.4 Å². The second-order valence-electron chi connectivity index (χ2n) is 14.3. The van der Waals surface area contributed by atoms with Gasteiger partial charge in [-0.15, -0.1) is 0 Å². The first-order valence-corrected chi connectivity index (χ1v) is 16.3. The van der Waals surface area contributed by atoms with Gasteiger partial charge < -0.3 is 9.53 Å². The Morgan fingerprint density at radius 2 is 1.70 bits per heavy atom. The van der Waals surface area contributed by atoms with E-state index in [1.807, 2.05) is 0 Å². The van der Waals surface area contributed by atoms with E-state index in [9.17, 15) is 9.90 Å². The maximum Gasteiger partial charge on any atom is 0.303 e. The Bertz CT molecular complexity index is 876. The predicted molar refractivity (Wildman–Crippen MR) is 139 cm³/mol.